The number of thioether (sulfide) groups is 1. The molecule has 0 unspecified atom stereocenters. The fourth-order valence-corrected chi connectivity index (χ4v) is 4.77. The number of aliphatic hydroxyl groups is 1. The zero-order valence-electron chi connectivity index (χ0n) is 17.9. The average molecular weight is 517 g/mol. The van der Waals surface area contributed by atoms with Gasteiger partial charge in [-0.2, -0.15) is 0 Å². The van der Waals surface area contributed by atoms with Crippen molar-refractivity contribution in [3.8, 4) is 0 Å². The Hall–Kier alpha value is -2.76. The molecule has 1 amide bonds. The van der Waals surface area contributed by atoms with E-state index in [9.17, 15) is 9.59 Å². The Bertz CT molecular complexity index is 1330. The van der Waals surface area contributed by atoms with Crippen LogP contribution < -0.4 is 10.9 Å². The van der Waals surface area contributed by atoms with Gasteiger partial charge in [0, 0.05) is 17.8 Å². The van der Waals surface area contributed by atoms with E-state index in [2.05, 4.69) is 10.3 Å². The van der Waals surface area contributed by atoms with Crippen LogP contribution >= 0.6 is 35.6 Å². The molecule has 4 rings (SSSR count). The molecule has 3 heterocycles. The normalized spacial score (nSPS) is 15.0. The number of halogens is 1. The van der Waals surface area contributed by atoms with E-state index in [0.717, 1.165) is 17.3 Å². The molecule has 1 aromatic carbocycles. The topological polar surface area (TPSA) is 96.2 Å². The summed E-state index contributed by atoms with van der Waals surface area (Å²) in [6.45, 7) is 1.07. The van der Waals surface area contributed by atoms with Crippen LogP contribution in [0.5, 0.6) is 0 Å². The molecule has 0 saturated carbocycles. The summed E-state index contributed by atoms with van der Waals surface area (Å²) in [7, 11) is 0. The summed E-state index contributed by atoms with van der Waals surface area (Å²) in [5.41, 5.74) is 1.17. The Morgan fingerprint density at radius 3 is 2.76 bits per heavy atom. The van der Waals surface area contributed by atoms with Gasteiger partial charge in [0.1, 0.15) is 15.8 Å². The molecular formula is C23H21ClN4O4S2. The molecular weight excluding hydrogens is 496 g/mol. The number of aliphatic hydroxyl groups excluding tert-OH is 1. The van der Waals surface area contributed by atoms with Gasteiger partial charge in [-0.05, 0) is 29.8 Å². The number of pyridine rings is 1. The first-order valence-electron chi connectivity index (χ1n) is 10.4. The van der Waals surface area contributed by atoms with Crippen molar-refractivity contribution in [2.45, 2.75) is 6.54 Å². The predicted molar refractivity (Wildman–Crippen MR) is 138 cm³/mol. The molecule has 8 nitrogen and oxygen atoms in total. The van der Waals surface area contributed by atoms with Crippen molar-refractivity contribution in [2.75, 3.05) is 31.7 Å². The van der Waals surface area contributed by atoms with Gasteiger partial charge in [0.05, 0.1) is 36.8 Å². The summed E-state index contributed by atoms with van der Waals surface area (Å²) < 4.78 is 7.08. The Kier molecular flexibility index (Phi) is 7.96. The summed E-state index contributed by atoms with van der Waals surface area (Å²) in [5, 5.41) is 12.5. The summed E-state index contributed by atoms with van der Waals surface area (Å²) in [4.78, 5) is 32.8. The van der Waals surface area contributed by atoms with Crippen molar-refractivity contribution in [3.63, 3.8) is 0 Å². The van der Waals surface area contributed by atoms with Gasteiger partial charge in [-0.25, -0.2) is 4.98 Å². The minimum absolute atomic E-state index is 0.0726. The van der Waals surface area contributed by atoms with Crippen molar-refractivity contribution in [3.05, 3.63) is 80.1 Å². The first kappa shape index (κ1) is 24.4. The Balaban J connectivity index is 1.66. The van der Waals surface area contributed by atoms with Crippen LogP contribution in [0, 0.1) is 0 Å². The van der Waals surface area contributed by atoms with Crippen LogP contribution in [-0.2, 0) is 16.1 Å². The monoisotopic (exact) mass is 516 g/mol. The number of aromatic nitrogens is 2. The number of anilines is 1. The molecule has 1 saturated heterocycles. The van der Waals surface area contributed by atoms with Gasteiger partial charge in [-0.1, -0.05) is 59.8 Å². The second kappa shape index (κ2) is 11.1. The maximum Gasteiger partial charge on any atom is 0.267 e. The van der Waals surface area contributed by atoms with Gasteiger partial charge >= 0.3 is 0 Å². The number of thiocarbonyl (C=S) groups is 1. The van der Waals surface area contributed by atoms with Gasteiger partial charge in [-0.3, -0.25) is 18.9 Å². The van der Waals surface area contributed by atoms with Crippen LogP contribution in [0.15, 0.2) is 58.4 Å². The molecule has 0 aliphatic carbocycles. The minimum Gasteiger partial charge on any atom is -0.394 e. The van der Waals surface area contributed by atoms with Gasteiger partial charge in [0.15, 0.2) is 0 Å². The number of benzene rings is 1. The first-order valence-corrected chi connectivity index (χ1v) is 12.0. The molecule has 11 heteroatoms. The Morgan fingerprint density at radius 2 is 1.97 bits per heavy atom. The highest BCUT2D eigenvalue weighted by molar-refractivity contribution is 8.26. The SMILES string of the molecule is O=C1C(=Cc2c(NCCOCCO)nc3ccccn3c2=O)SC(=S)N1Cc1ccccc1Cl. The lowest BCUT2D eigenvalue weighted by Crippen LogP contribution is -2.27. The number of hydrogen-bond acceptors (Lipinski definition) is 8. The lowest BCUT2D eigenvalue weighted by molar-refractivity contribution is -0.122. The molecule has 0 bridgehead atoms. The third-order valence-electron chi connectivity index (χ3n) is 4.98. The highest BCUT2D eigenvalue weighted by Crippen LogP contribution is 2.34. The van der Waals surface area contributed by atoms with E-state index >= 15 is 0 Å². The van der Waals surface area contributed by atoms with Crippen molar-refractivity contribution < 1.29 is 14.6 Å². The van der Waals surface area contributed by atoms with Gasteiger partial charge in [0.2, 0.25) is 0 Å². The first-order chi connectivity index (χ1) is 16.5. The molecule has 3 aromatic rings. The Morgan fingerprint density at radius 1 is 1.18 bits per heavy atom. The largest absolute Gasteiger partial charge is 0.394 e. The van der Waals surface area contributed by atoms with Crippen molar-refractivity contribution >= 4 is 63.3 Å². The van der Waals surface area contributed by atoms with Crippen LogP contribution in [0.2, 0.25) is 5.02 Å². The molecule has 0 spiro atoms. The van der Waals surface area contributed by atoms with E-state index in [4.69, 9.17) is 33.7 Å². The molecule has 2 N–H and O–H groups in total. The smallest absolute Gasteiger partial charge is 0.267 e. The molecule has 1 aliphatic rings. The van der Waals surface area contributed by atoms with Gasteiger partial charge < -0.3 is 15.2 Å². The van der Waals surface area contributed by atoms with Crippen molar-refractivity contribution in [1.29, 1.82) is 0 Å². The zero-order valence-corrected chi connectivity index (χ0v) is 20.3. The second-order valence-electron chi connectivity index (χ2n) is 7.23. The summed E-state index contributed by atoms with van der Waals surface area (Å²) in [6, 6.07) is 12.5. The fourth-order valence-electron chi connectivity index (χ4n) is 3.34. The van der Waals surface area contributed by atoms with E-state index < -0.39 is 0 Å². The highest BCUT2D eigenvalue weighted by atomic mass is 35.5. The standard InChI is InChI=1S/C23H21ClN4O4S2/c24-17-6-2-1-5-15(17)14-28-22(31)18(34-23(28)33)13-16-20(25-8-11-32-12-10-29)26-19-7-3-4-9-27(19)21(16)30/h1-7,9,13,25,29H,8,10-12,14H2. The average Bonchev–Trinajstić information content (AvgIpc) is 3.10. The van der Waals surface area contributed by atoms with Crippen LogP contribution in [0.4, 0.5) is 5.82 Å². The van der Waals surface area contributed by atoms with Crippen LogP contribution in [-0.4, -0.2) is 56.0 Å². The molecule has 1 aliphatic heterocycles. The van der Waals surface area contributed by atoms with E-state index in [1.165, 1.54) is 15.4 Å². The van der Waals surface area contributed by atoms with E-state index in [1.807, 2.05) is 18.2 Å². The molecule has 0 atom stereocenters. The number of rotatable bonds is 9. The lowest BCUT2D eigenvalue weighted by Gasteiger charge is -2.15. The number of fused-ring (bicyclic) bond motifs is 1. The van der Waals surface area contributed by atoms with Crippen LogP contribution in [0.3, 0.4) is 0 Å². The van der Waals surface area contributed by atoms with E-state index in [-0.39, 0.29) is 36.8 Å². The molecule has 2 aromatic heterocycles. The number of hydrogen-bond donors (Lipinski definition) is 2. The van der Waals surface area contributed by atoms with E-state index in [0.29, 0.717) is 38.9 Å². The number of nitrogens with zero attached hydrogens (tertiary/aromatic N) is 3. The molecule has 176 valence electrons. The molecule has 0 radical (unpaired) electrons. The van der Waals surface area contributed by atoms with Crippen molar-refractivity contribution in [2.24, 2.45) is 0 Å². The third-order valence-corrected chi connectivity index (χ3v) is 6.73. The van der Waals surface area contributed by atoms with Crippen molar-refractivity contribution in [1.82, 2.24) is 14.3 Å². The molecule has 34 heavy (non-hydrogen) atoms. The zero-order chi connectivity index (χ0) is 24.1. The summed E-state index contributed by atoms with van der Waals surface area (Å²) >= 11 is 12.8. The minimum atomic E-state index is -0.319. The lowest BCUT2D eigenvalue weighted by atomic mass is 10.2. The quantitative estimate of drug-likeness (QED) is 0.254. The summed E-state index contributed by atoms with van der Waals surface area (Å²) in [6.07, 6.45) is 3.15. The van der Waals surface area contributed by atoms with Crippen LogP contribution in [0.1, 0.15) is 11.1 Å². The predicted octanol–water partition coefficient (Wildman–Crippen LogP) is 3.17. The second-order valence-corrected chi connectivity index (χ2v) is 9.31. The highest BCUT2D eigenvalue weighted by Gasteiger charge is 2.33. The van der Waals surface area contributed by atoms with Gasteiger partial charge in [0.25, 0.3) is 11.5 Å². The number of ether oxygens (including phenoxy) is 1. The fraction of sp³-hybridized carbons (Fsp3) is 0.217. The maximum absolute atomic E-state index is 13.3. The summed E-state index contributed by atoms with van der Waals surface area (Å²) in [5.74, 6) is 0.0323. The van der Waals surface area contributed by atoms with Crippen LogP contribution in [0.25, 0.3) is 11.7 Å². The number of carbonyl (C=O) groups is 1. The maximum atomic E-state index is 13.3. The third kappa shape index (κ3) is 5.31. The van der Waals surface area contributed by atoms with E-state index in [1.54, 1.807) is 30.5 Å². The Labute approximate surface area is 210 Å². The number of carbonyl (C=O) groups excluding carboxylic acids is 1. The number of amides is 1. The molecule has 1 fully saturated rings. The number of nitrogens with one attached hydrogen (secondary N) is 1. The van der Waals surface area contributed by atoms with Gasteiger partial charge in [-0.15, -0.1) is 0 Å².